The van der Waals surface area contributed by atoms with Crippen molar-refractivity contribution in [1.82, 2.24) is 4.98 Å². The normalized spacial score (nSPS) is 10.4. The van der Waals surface area contributed by atoms with Gasteiger partial charge in [0, 0.05) is 5.56 Å². The molecule has 29 heavy (non-hydrogen) atoms. The summed E-state index contributed by atoms with van der Waals surface area (Å²) in [4.78, 5) is 29.4. The highest BCUT2D eigenvalue weighted by atomic mass is 32.1. The van der Waals surface area contributed by atoms with Gasteiger partial charge < -0.3 is 9.47 Å². The molecule has 0 aliphatic rings. The molecule has 0 saturated carbocycles. The molecule has 6 nitrogen and oxygen atoms in total. The number of hydrogen-bond acceptors (Lipinski definition) is 6. The fourth-order valence-electron chi connectivity index (χ4n) is 2.66. The molecular weight excluding hydrogens is 388 g/mol. The molecule has 150 valence electrons. The molecular formula is C22H22N2O4S. The Balaban J connectivity index is 1.73. The van der Waals surface area contributed by atoms with Crippen molar-refractivity contribution in [3.05, 3.63) is 65.0 Å². The summed E-state index contributed by atoms with van der Waals surface area (Å²) in [5.41, 5.74) is 2.40. The molecule has 0 fully saturated rings. The number of carbonyl (C=O) groups excluding carboxylic acids is 2. The van der Waals surface area contributed by atoms with Crippen LogP contribution >= 0.6 is 11.3 Å². The van der Waals surface area contributed by atoms with Gasteiger partial charge in [0.1, 0.15) is 10.6 Å². The number of nitrogens with zero attached hydrogens (tertiary/aromatic N) is 1. The Morgan fingerprint density at radius 3 is 2.59 bits per heavy atom. The first-order chi connectivity index (χ1) is 14.1. The molecule has 0 atom stereocenters. The van der Waals surface area contributed by atoms with E-state index in [4.69, 9.17) is 9.47 Å². The van der Waals surface area contributed by atoms with E-state index < -0.39 is 5.97 Å². The number of benzene rings is 2. The van der Waals surface area contributed by atoms with Gasteiger partial charge in [-0.05, 0) is 31.0 Å². The van der Waals surface area contributed by atoms with Gasteiger partial charge in [-0.3, -0.25) is 10.1 Å². The lowest BCUT2D eigenvalue weighted by molar-refractivity contribution is -0.118. The quantitative estimate of drug-likeness (QED) is 0.551. The van der Waals surface area contributed by atoms with Gasteiger partial charge in [0.05, 0.1) is 12.3 Å². The summed E-state index contributed by atoms with van der Waals surface area (Å²) in [7, 11) is 0. The number of anilines is 1. The number of carbonyl (C=O) groups is 2. The lowest BCUT2D eigenvalue weighted by Crippen LogP contribution is -2.20. The lowest BCUT2D eigenvalue weighted by atomic mass is 10.1. The van der Waals surface area contributed by atoms with Crippen molar-refractivity contribution < 1.29 is 19.1 Å². The number of aryl methyl sites for hydroxylation is 1. The fraction of sp³-hybridized carbons (Fsp3) is 0.227. The van der Waals surface area contributed by atoms with Crippen LogP contribution in [0.5, 0.6) is 5.75 Å². The Morgan fingerprint density at radius 1 is 1.07 bits per heavy atom. The highest BCUT2D eigenvalue weighted by molar-refractivity contribution is 7.18. The Labute approximate surface area is 173 Å². The number of amides is 1. The molecule has 7 heteroatoms. The first kappa shape index (κ1) is 20.5. The molecule has 1 amide bonds. The van der Waals surface area contributed by atoms with Gasteiger partial charge in [0.15, 0.2) is 11.7 Å². The van der Waals surface area contributed by atoms with Gasteiger partial charge in [-0.2, -0.15) is 0 Å². The number of thiazole rings is 1. The smallest absolute Gasteiger partial charge is 0.350 e. The van der Waals surface area contributed by atoms with E-state index in [2.05, 4.69) is 17.2 Å². The average Bonchev–Trinajstić information content (AvgIpc) is 3.17. The minimum Gasteiger partial charge on any atom is -0.484 e. The summed E-state index contributed by atoms with van der Waals surface area (Å²) < 4.78 is 10.7. The summed E-state index contributed by atoms with van der Waals surface area (Å²) in [6.45, 7) is 3.91. The van der Waals surface area contributed by atoms with Crippen LogP contribution in [0.2, 0.25) is 0 Å². The first-order valence-electron chi connectivity index (χ1n) is 9.35. The second kappa shape index (κ2) is 9.84. The molecule has 0 spiro atoms. The Bertz CT molecular complexity index is 985. The van der Waals surface area contributed by atoms with E-state index in [1.807, 2.05) is 54.6 Å². The second-order valence-electron chi connectivity index (χ2n) is 6.12. The second-order valence-corrected chi connectivity index (χ2v) is 7.12. The van der Waals surface area contributed by atoms with Gasteiger partial charge in [-0.25, -0.2) is 9.78 Å². The minimum absolute atomic E-state index is 0.151. The molecule has 0 unspecified atom stereocenters. The van der Waals surface area contributed by atoms with Crippen LogP contribution in [0.4, 0.5) is 5.13 Å². The molecule has 0 bridgehead atoms. The van der Waals surface area contributed by atoms with Crippen molar-refractivity contribution in [2.45, 2.75) is 20.3 Å². The molecule has 1 heterocycles. The number of hydrogen-bond donors (Lipinski definition) is 1. The van der Waals surface area contributed by atoms with Crippen molar-refractivity contribution >= 4 is 28.3 Å². The minimum atomic E-state index is -0.461. The van der Waals surface area contributed by atoms with E-state index >= 15 is 0 Å². The summed E-state index contributed by atoms with van der Waals surface area (Å²) in [5, 5.41) is 3.03. The zero-order chi connectivity index (χ0) is 20.6. The van der Waals surface area contributed by atoms with E-state index in [9.17, 15) is 9.59 Å². The fourth-order valence-corrected chi connectivity index (χ4v) is 3.56. The van der Waals surface area contributed by atoms with Crippen LogP contribution in [0.25, 0.3) is 11.3 Å². The van der Waals surface area contributed by atoms with Crippen LogP contribution in [0.15, 0.2) is 54.6 Å². The summed E-state index contributed by atoms with van der Waals surface area (Å²) >= 11 is 1.09. The molecule has 0 saturated heterocycles. The van der Waals surface area contributed by atoms with E-state index in [-0.39, 0.29) is 19.1 Å². The number of aromatic nitrogens is 1. The third-order valence-electron chi connectivity index (χ3n) is 4.06. The van der Waals surface area contributed by atoms with Gasteiger partial charge in [0.2, 0.25) is 0 Å². The third-order valence-corrected chi connectivity index (χ3v) is 5.01. The zero-order valence-corrected chi connectivity index (χ0v) is 17.1. The number of rotatable bonds is 8. The van der Waals surface area contributed by atoms with Crippen molar-refractivity contribution in [3.8, 4) is 17.0 Å². The maximum atomic E-state index is 12.3. The maximum Gasteiger partial charge on any atom is 0.350 e. The van der Waals surface area contributed by atoms with E-state index in [0.717, 1.165) is 28.9 Å². The van der Waals surface area contributed by atoms with Crippen LogP contribution in [0, 0.1) is 0 Å². The summed E-state index contributed by atoms with van der Waals surface area (Å²) in [6, 6.07) is 16.9. The van der Waals surface area contributed by atoms with Crippen LogP contribution in [0.1, 0.15) is 29.1 Å². The molecule has 1 aromatic heterocycles. The highest BCUT2D eigenvalue weighted by Gasteiger charge is 2.21. The van der Waals surface area contributed by atoms with Gasteiger partial charge in [0.25, 0.3) is 5.91 Å². The maximum absolute atomic E-state index is 12.3. The van der Waals surface area contributed by atoms with E-state index in [1.54, 1.807) is 6.92 Å². The molecule has 0 aliphatic carbocycles. The highest BCUT2D eigenvalue weighted by Crippen LogP contribution is 2.31. The lowest BCUT2D eigenvalue weighted by Gasteiger charge is -2.07. The topological polar surface area (TPSA) is 77.5 Å². The number of ether oxygens (including phenoxy) is 2. The molecule has 1 N–H and O–H groups in total. The van der Waals surface area contributed by atoms with Gasteiger partial charge >= 0.3 is 5.97 Å². The predicted molar refractivity (Wildman–Crippen MR) is 113 cm³/mol. The standard InChI is InChI=1S/C22H22N2O4S/c1-3-15-9-8-12-17(13-15)28-14-18(25)23-22-24-19(16-10-6-5-7-11-16)20(29-22)21(26)27-4-2/h5-13H,3-4,14H2,1-2H3,(H,23,24,25). The van der Waals surface area contributed by atoms with Crippen molar-refractivity contribution in [2.75, 3.05) is 18.5 Å². The van der Waals surface area contributed by atoms with Crippen molar-refractivity contribution in [3.63, 3.8) is 0 Å². The predicted octanol–water partition coefficient (Wildman–Crippen LogP) is 4.57. The van der Waals surface area contributed by atoms with Crippen LogP contribution in [-0.4, -0.2) is 30.1 Å². The first-order valence-corrected chi connectivity index (χ1v) is 10.2. The van der Waals surface area contributed by atoms with Crippen molar-refractivity contribution in [2.24, 2.45) is 0 Å². The Hall–Kier alpha value is -3.19. The molecule has 0 radical (unpaired) electrons. The van der Waals surface area contributed by atoms with E-state index in [1.165, 1.54) is 0 Å². The van der Waals surface area contributed by atoms with Crippen LogP contribution in [-0.2, 0) is 16.0 Å². The summed E-state index contributed by atoms with van der Waals surface area (Å²) in [5.74, 6) is -0.177. The zero-order valence-electron chi connectivity index (χ0n) is 16.3. The average molecular weight is 410 g/mol. The Morgan fingerprint density at radius 2 is 1.86 bits per heavy atom. The molecule has 2 aromatic carbocycles. The van der Waals surface area contributed by atoms with Crippen molar-refractivity contribution in [1.29, 1.82) is 0 Å². The number of nitrogens with one attached hydrogen (secondary N) is 1. The largest absolute Gasteiger partial charge is 0.484 e. The molecule has 3 rings (SSSR count). The van der Waals surface area contributed by atoms with Crippen LogP contribution < -0.4 is 10.1 Å². The van der Waals surface area contributed by atoms with E-state index in [0.29, 0.717) is 21.5 Å². The molecule has 3 aromatic rings. The van der Waals surface area contributed by atoms with Gasteiger partial charge in [-0.1, -0.05) is 60.7 Å². The Kier molecular flexibility index (Phi) is 6.97. The molecule has 0 aliphatic heterocycles. The third kappa shape index (κ3) is 5.42. The number of esters is 1. The van der Waals surface area contributed by atoms with Gasteiger partial charge in [-0.15, -0.1) is 0 Å². The monoisotopic (exact) mass is 410 g/mol. The van der Waals surface area contributed by atoms with Crippen LogP contribution in [0.3, 0.4) is 0 Å². The summed E-state index contributed by atoms with van der Waals surface area (Å²) in [6.07, 6.45) is 0.890. The SMILES string of the molecule is CCOC(=O)c1sc(NC(=O)COc2cccc(CC)c2)nc1-c1ccccc1.